The number of primary amides is 1. The molecule has 5 nitrogen and oxygen atoms in total. The number of amides is 2. The smallest absolute Gasteiger partial charge is 0.223 e. The van der Waals surface area contributed by atoms with Gasteiger partial charge >= 0.3 is 0 Å². The molecule has 1 fully saturated rings. The van der Waals surface area contributed by atoms with Crippen LogP contribution in [0.4, 0.5) is 0 Å². The average Bonchev–Trinajstić information content (AvgIpc) is 2.37. The maximum Gasteiger partial charge on any atom is 0.223 e. The van der Waals surface area contributed by atoms with E-state index in [0.29, 0.717) is 25.4 Å². The Balaban J connectivity index is 2.20. The molecule has 0 aromatic carbocycles. The molecule has 0 spiro atoms. The molecule has 0 radical (unpaired) electrons. The van der Waals surface area contributed by atoms with Crippen molar-refractivity contribution in [3.8, 4) is 0 Å². The molecular formula is C13H25N3O2. The Morgan fingerprint density at radius 2 is 1.89 bits per heavy atom. The average molecular weight is 255 g/mol. The number of carbonyl (C=O) groups excluding carboxylic acids is 2. The lowest BCUT2D eigenvalue weighted by molar-refractivity contribution is -0.127. The summed E-state index contributed by atoms with van der Waals surface area (Å²) in [4.78, 5) is 22.6. The fourth-order valence-corrected chi connectivity index (χ4v) is 2.60. The summed E-state index contributed by atoms with van der Waals surface area (Å²) in [7, 11) is 0. The molecule has 0 bridgehead atoms. The molecule has 0 aliphatic heterocycles. The van der Waals surface area contributed by atoms with Crippen LogP contribution in [-0.4, -0.2) is 24.9 Å². The first-order valence-corrected chi connectivity index (χ1v) is 6.91. The summed E-state index contributed by atoms with van der Waals surface area (Å²) >= 11 is 0. The van der Waals surface area contributed by atoms with Gasteiger partial charge in [0.15, 0.2) is 0 Å². The Kier molecular flexibility index (Phi) is 6.72. The first-order valence-electron chi connectivity index (χ1n) is 6.91. The third kappa shape index (κ3) is 5.04. The number of hydrogen-bond donors (Lipinski definition) is 3. The second-order valence-electron chi connectivity index (χ2n) is 5.10. The predicted octanol–water partition coefficient (Wildman–Crippen LogP) is 0.523. The van der Waals surface area contributed by atoms with E-state index < -0.39 is 0 Å². The molecule has 0 aromatic heterocycles. The van der Waals surface area contributed by atoms with Crippen molar-refractivity contribution in [1.29, 1.82) is 0 Å². The molecule has 0 aromatic rings. The lowest BCUT2D eigenvalue weighted by Crippen LogP contribution is -2.39. The lowest BCUT2D eigenvalue weighted by Gasteiger charge is -2.29. The Morgan fingerprint density at radius 3 is 2.56 bits per heavy atom. The van der Waals surface area contributed by atoms with Crippen LogP contribution < -0.4 is 16.8 Å². The first-order chi connectivity index (χ1) is 8.65. The SMILES string of the molecule is NCC1CCCCC1C(=O)NCCCCC(N)=O. The van der Waals surface area contributed by atoms with Gasteiger partial charge in [-0.25, -0.2) is 0 Å². The van der Waals surface area contributed by atoms with Crippen molar-refractivity contribution in [2.75, 3.05) is 13.1 Å². The lowest BCUT2D eigenvalue weighted by atomic mass is 9.79. The van der Waals surface area contributed by atoms with Gasteiger partial charge in [-0.2, -0.15) is 0 Å². The van der Waals surface area contributed by atoms with Crippen LogP contribution in [0.1, 0.15) is 44.9 Å². The Morgan fingerprint density at radius 1 is 1.17 bits per heavy atom. The standard InChI is InChI=1S/C13H25N3O2/c14-9-10-5-1-2-6-11(10)13(18)16-8-4-3-7-12(15)17/h10-11H,1-9,14H2,(H2,15,17)(H,16,18). The zero-order chi connectivity index (χ0) is 13.4. The minimum Gasteiger partial charge on any atom is -0.370 e. The molecule has 104 valence electrons. The molecule has 5 heteroatoms. The highest BCUT2D eigenvalue weighted by atomic mass is 16.2. The van der Waals surface area contributed by atoms with Crippen molar-refractivity contribution in [2.45, 2.75) is 44.9 Å². The van der Waals surface area contributed by atoms with E-state index in [4.69, 9.17) is 11.5 Å². The number of carbonyl (C=O) groups is 2. The predicted molar refractivity (Wildman–Crippen MR) is 70.6 cm³/mol. The van der Waals surface area contributed by atoms with E-state index in [1.807, 2.05) is 0 Å². The van der Waals surface area contributed by atoms with Gasteiger partial charge < -0.3 is 16.8 Å². The van der Waals surface area contributed by atoms with Crippen LogP contribution in [0.3, 0.4) is 0 Å². The van der Waals surface area contributed by atoms with E-state index in [-0.39, 0.29) is 17.7 Å². The second kappa shape index (κ2) is 8.08. The maximum atomic E-state index is 12.0. The number of hydrogen-bond acceptors (Lipinski definition) is 3. The number of rotatable bonds is 7. The van der Waals surface area contributed by atoms with E-state index >= 15 is 0 Å². The third-order valence-corrected chi connectivity index (χ3v) is 3.70. The summed E-state index contributed by atoms with van der Waals surface area (Å²) in [5.41, 5.74) is 10.8. The largest absolute Gasteiger partial charge is 0.370 e. The highest BCUT2D eigenvalue weighted by Crippen LogP contribution is 2.29. The summed E-state index contributed by atoms with van der Waals surface area (Å²) in [5, 5.41) is 2.94. The van der Waals surface area contributed by atoms with Gasteiger partial charge in [-0.1, -0.05) is 12.8 Å². The molecule has 18 heavy (non-hydrogen) atoms. The van der Waals surface area contributed by atoms with E-state index in [1.165, 1.54) is 6.42 Å². The normalized spacial score (nSPS) is 23.6. The van der Waals surface area contributed by atoms with Gasteiger partial charge in [0.1, 0.15) is 0 Å². The Hall–Kier alpha value is -1.10. The Labute approximate surface area is 109 Å². The number of unbranched alkanes of at least 4 members (excludes halogenated alkanes) is 1. The van der Waals surface area contributed by atoms with Gasteiger partial charge in [0.2, 0.25) is 11.8 Å². The van der Waals surface area contributed by atoms with Crippen molar-refractivity contribution in [3.63, 3.8) is 0 Å². The van der Waals surface area contributed by atoms with Crippen LogP contribution in [0.15, 0.2) is 0 Å². The summed E-state index contributed by atoms with van der Waals surface area (Å²) in [6.07, 6.45) is 6.26. The fourth-order valence-electron chi connectivity index (χ4n) is 2.60. The van der Waals surface area contributed by atoms with Crippen LogP contribution in [0.5, 0.6) is 0 Å². The topological polar surface area (TPSA) is 98.2 Å². The summed E-state index contributed by atoms with van der Waals surface area (Å²) in [6.45, 7) is 1.22. The maximum absolute atomic E-state index is 12.0. The Bertz CT molecular complexity index is 281. The summed E-state index contributed by atoms with van der Waals surface area (Å²) in [6, 6.07) is 0. The summed E-state index contributed by atoms with van der Waals surface area (Å²) in [5.74, 6) is 0.269. The van der Waals surface area contributed by atoms with Crippen molar-refractivity contribution in [2.24, 2.45) is 23.3 Å². The van der Waals surface area contributed by atoms with Gasteiger partial charge in [0.25, 0.3) is 0 Å². The quantitative estimate of drug-likeness (QED) is 0.578. The molecule has 0 heterocycles. The molecule has 1 rings (SSSR count). The van der Waals surface area contributed by atoms with Gasteiger partial charge in [0.05, 0.1) is 0 Å². The minimum absolute atomic E-state index is 0.0832. The highest BCUT2D eigenvalue weighted by Gasteiger charge is 2.29. The molecule has 2 amide bonds. The molecule has 1 saturated carbocycles. The monoisotopic (exact) mass is 255 g/mol. The fraction of sp³-hybridized carbons (Fsp3) is 0.846. The van der Waals surface area contributed by atoms with Gasteiger partial charge in [-0.05, 0) is 38.1 Å². The number of nitrogens with two attached hydrogens (primary N) is 2. The van der Waals surface area contributed by atoms with Crippen molar-refractivity contribution in [3.05, 3.63) is 0 Å². The highest BCUT2D eigenvalue weighted by molar-refractivity contribution is 5.79. The van der Waals surface area contributed by atoms with Crippen LogP contribution in [-0.2, 0) is 9.59 Å². The second-order valence-corrected chi connectivity index (χ2v) is 5.10. The van der Waals surface area contributed by atoms with Crippen molar-refractivity contribution >= 4 is 11.8 Å². The van der Waals surface area contributed by atoms with E-state index in [1.54, 1.807) is 0 Å². The van der Waals surface area contributed by atoms with Crippen molar-refractivity contribution < 1.29 is 9.59 Å². The van der Waals surface area contributed by atoms with Crippen LogP contribution in [0.2, 0.25) is 0 Å². The van der Waals surface area contributed by atoms with Gasteiger partial charge in [-0.15, -0.1) is 0 Å². The molecule has 1 aliphatic carbocycles. The van der Waals surface area contributed by atoms with Crippen LogP contribution >= 0.6 is 0 Å². The van der Waals surface area contributed by atoms with E-state index in [0.717, 1.165) is 32.1 Å². The zero-order valence-electron chi connectivity index (χ0n) is 11.0. The molecule has 5 N–H and O–H groups in total. The van der Waals surface area contributed by atoms with Gasteiger partial charge in [0, 0.05) is 18.9 Å². The number of nitrogens with one attached hydrogen (secondary N) is 1. The third-order valence-electron chi connectivity index (χ3n) is 3.70. The molecular weight excluding hydrogens is 230 g/mol. The molecule has 2 unspecified atom stereocenters. The van der Waals surface area contributed by atoms with Crippen LogP contribution in [0, 0.1) is 11.8 Å². The van der Waals surface area contributed by atoms with Crippen molar-refractivity contribution in [1.82, 2.24) is 5.32 Å². The zero-order valence-corrected chi connectivity index (χ0v) is 11.0. The van der Waals surface area contributed by atoms with Crippen LogP contribution in [0.25, 0.3) is 0 Å². The minimum atomic E-state index is -0.281. The van der Waals surface area contributed by atoms with E-state index in [9.17, 15) is 9.59 Å². The summed E-state index contributed by atoms with van der Waals surface area (Å²) < 4.78 is 0. The van der Waals surface area contributed by atoms with Gasteiger partial charge in [-0.3, -0.25) is 9.59 Å². The molecule has 0 saturated heterocycles. The molecule has 2 atom stereocenters. The molecule has 1 aliphatic rings. The van der Waals surface area contributed by atoms with E-state index in [2.05, 4.69) is 5.32 Å². The first kappa shape index (κ1) is 15.0.